The lowest BCUT2D eigenvalue weighted by Crippen LogP contribution is -2.45. The average Bonchev–Trinajstić information content (AvgIpc) is 2.42. The lowest BCUT2D eigenvalue weighted by Gasteiger charge is -2.33. The first-order chi connectivity index (χ1) is 7.50. The third-order valence-electron chi connectivity index (χ3n) is 4.47. The molecule has 2 rings (SSSR count). The van der Waals surface area contributed by atoms with Gasteiger partial charge in [0.2, 0.25) is 0 Å². The standard InChI is InChI=1S/C13H26N2O/c1-13(2)6-5-11(12(13)16)15-8-4-7-14(3)9-10-15/h11-12,16H,4-10H2,1-3H3. The molecule has 3 heteroatoms. The van der Waals surface area contributed by atoms with Gasteiger partial charge < -0.3 is 10.0 Å². The number of hydrogen-bond acceptors (Lipinski definition) is 3. The summed E-state index contributed by atoms with van der Waals surface area (Å²) in [5, 5.41) is 10.4. The van der Waals surface area contributed by atoms with Crippen molar-refractivity contribution in [2.75, 3.05) is 33.2 Å². The summed E-state index contributed by atoms with van der Waals surface area (Å²) >= 11 is 0. The molecule has 0 radical (unpaired) electrons. The van der Waals surface area contributed by atoms with Crippen LogP contribution in [0.5, 0.6) is 0 Å². The van der Waals surface area contributed by atoms with E-state index in [1.807, 2.05) is 0 Å². The molecule has 1 saturated heterocycles. The maximum Gasteiger partial charge on any atom is 0.0746 e. The first kappa shape index (κ1) is 12.3. The Morgan fingerprint density at radius 3 is 2.50 bits per heavy atom. The number of hydrogen-bond donors (Lipinski definition) is 1. The van der Waals surface area contributed by atoms with Crippen LogP contribution in [0.3, 0.4) is 0 Å². The Labute approximate surface area is 99.4 Å². The van der Waals surface area contributed by atoms with E-state index in [4.69, 9.17) is 0 Å². The number of aliphatic hydroxyl groups excluding tert-OH is 1. The van der Waals surface area contributed by atoms with Gasteiger partial charge in [0.25, 0.3) is 0 Å². The molecule has 0 aromatic rings. The zero-order valence-electron chi connectivity index (χ0n) is 10.9. The predicted octanol–water partition coefficient (Wildman–Crippen LogP) is 1.17. The summed E-state index contributed by atoms with van der Waals surface area (Å²) in [4.78, 5) is 4.91. The van der Waals surface area contributed by atoms with Gasteiger partial charge >= 0.3 is 0 Å². The highest BCUT2D eigenvalue weighted by Crippen LogP contribution is 2.39. The fourth-order valence-electron chi connectivity index (χ4n) is 3.13. The largest absolute Gasteiger partial charge is 0.391 e. The molecule has 3 nitrogen and oxygen atoms in total. The van der Waals surface area contributed by atoms with E-state index in [1.54, 1.807) is 0 Å². The summed E-state index contributed by atoms with van der Waals surface area (Å²) < 4.78 is 0. The van der Waals surface area contributed by atoms with Crippen LogP contribution < -0.4 is 0 Å². The Kier molecular flexibility index (Phi) is 3.57. The molecule has 1 aliphatic carbocycles. The Morgan fingerprint density at radius 2 is 1.88 bits per heavy atom. The predicted molar refractivity (Wildman–Crippen MR) is 66.5 cm³/mol. The van der Waals surface area contributed by atoms with Crippen LogP contribution in [0, 0.1) is 5.41 Å². The Hall–Kier alpha value is -0.120. The lowest BCUT2D eigenvalue weighted by molar-refractivity contribution is 0.0161. The van der Waals surface area contributed by atoms with Crippen molar-refractivity contribution >= 4 is 0 Å². The van der Waals surface area contributed by atoms with E-state index in [0.717, 1.165) is 32.5 Å². The van der Waals surface area contributed by atoms with Crippen molar-refractivity contribution in [3.8, 4) is 0 Å². The van der Waals surface area contributed by atoms with Crippen molar-refractivity contribution < 1.29 is 5.11 Å². The fourth-order valence-corrected chi connectivity index (χ4v) is 3.13. The molecular formula is C13H26N2O. The maximum absolute atomic E-state index is 10.4. The van der Waals surface area contributed by atoms with E-state index in [-0.39, 0.29) is 11.5 Å². The molecule has 94 valence electrons. The van der Waals surface area contributed by atoms with Gasteiger partial charge in [0.15, 0.2) is 0 Å². The molecule has 0 aromatic heterocycles. The smallest absolute Gasteiger partial charge is 0.0746 e. The van der Waals surface area contributed by atoms with E-state index >= 15 is 0 Å². The minimum Gasteiger partial charge on any atom is -0.391 e. The van der Waals surface area contributed by atoms with Crippen LogP contribution in [0.15, 0.2) is 0 Å². The minimum atomic E-state index is -0.143. The van der Waals surface area contributed by atoms with Crippen LogP contribution in [0.25, 0.3) is 0 Å². The quantitative estimate of drug-likeness (QED) is 0.727. The van der Waals surface area contributed by atoms with Crippen LogP contribution in [0.2, 0.25) is 0 Å². The van der Waals surface area contributed by atoms with Gasteiger partial charge in [-0.15, -0.1) is 0 Å². The Bertz CT molecular complexity index is 242. The van der Waals surface area contributed by atoms with E-state index < -0.39 is 0 Å². The second-order valence-electron chi connectivity index (χ2n) is 6.23. The van der Waals surface area contributed by atoms with E-state index in [9.17, 15) is 5.11 Å². The third-order valence-corrected chi connectivity index (χ3v) is 4.47. The zero-order valence-corrected chi connectivity index (χ0v) is 10.9. The molecule has 0 aromatic carbocycles. The van der Waals surface area contributed by atoms with Crippen LogP contribution >= 0.6 is 0 Å². The van der Waals surface area contributed by atoms with Crippen LogP contribution in [-0.2, 0) is 0 Å². The van der Waals surface area contributed by atoms with Gasteiger partial charge in [-0.05, 0) is 44.8 Å². The van der Waals surface area contributed by atoms with Crippen LogP contribution in [0.4, 0.5) is 0 Å². The highest BCUT2D eigenvalue weighted by atomic mass is 16.3. The highest BCUT2D eigenvalue weighted by molar-refractivity contribution is 4.96. The second kappa shape index (κ2) is 4.63. The van der Waals surface area contributed by atoms with E-state index in [2.05, 4.69) is 30.7 Å². The van der Waals surface area contributed by atoms with E-state index in [1.165, 1.54) is 13.0 Å². The molecule has 2 unspecified atom stereocenters. The molecule has 1 N–H and O–H groups in total. The average molecular weight is 226 g/mol. The summed E-state index contributed by atoms with van der Waals surface area (Å²) in [7, 11) is 2.19. The third kappa shape index (κ3) is 2.41. The summed E-state index contributed by atoms with van der Waals surface area (Å²) in [5.74, 6) is 0. The Balaban J connectivity index is 1.97. The van der Waals surface area contributed by atoms with Gasteiger partial charge in [-0.1, -0.05) is 13.8 Å². The molecule has 1 aliphatic heterocycles. The molecule has 16 heavy (non-hydrogen) atoms. The van der Waals surface area contributed by atoms with Gasteiger partial charge in [-0.2, -0.15) is 0 Å². The second-order valence-corrected chi connectivity index (χ2v) is 6.23. The van der Waals surface area contributed by atoms with E-state index in [0.29, 0.717) is 6.04 Å². The first-order valence-electron chi connectivity index (χ1n) is 6.61. The van der Waals surface area contributed by atoms with Crippen molar-refractivity contribution in [3.05, 3.63) is 0 Å². The molecule has 2 fully saturated rings. The molecular weight excluding hydrogens is 200 g/mol. The van der Waals surface area contributed by atoms with Crippen LogP contribution in [0.1, 0.15) is 33.1 Å². The van der Waals surface area contributed by atoms with Gasteiger partial charge in [0, 0.05) is 19.1 Å². The molecule has 1 saturated carbocycles. The summed E-state index contributed by atoms with van der Waals surface area (Å²) in [6, 6.07) is 0.404. The van der Waals surface area contributed by atoms with Crippen molar-refractivity contribution in [1.29, 1.82) is 0 Å². The van der Waals surface area contributed by atoms with Gasteiger partial charge in [0.1, 0.15) is 0 Å². The number of rotatable bonds is 1. The molecule has 2 aliphatic rings. The summed E-state index contributed by atoms with van der Waals surface area (Å²) in [5.41, 5.74) is 0.114. The summed E-state index contributed by atoms with van der Waals surface area (Å²) in [6.07, 6.45) is 3.42. The SMILES string of the molecule is CN1CCCN(C2CCC(C)(C)C2O)CC1. The topological polar surface area (TPSA) is 26.7 Å². The summed E-state index contributed by atoms with van der Waals surface area (Å²) in [6.45, 7) is 9.01. The molecule has 0 spiro atoms. The fraction of sp³-hybridized carbons (Fsp3) is 1.00. The number of aliphatic hydroxyl groups is 1. The molecule has 1 heterocycles. The monoisotopic (exact) mass is 226 g/mol. The van der Waals surface area contributed by atoms with Gasteiger partial charge in [0.05, 0.1) is 6.10 Å². The molecule has 0 amide bonds. The van der Waals surface area contributed by atoms with Crippen molar-refractivity contribution in [2.24, 2.45) is 5.41 Å². The highest BCUT2D eigenvalue weighted by Gasteiger charge is 2.43. The first-order valence-corrected chi connectivity index (χ1v) is 6.61. The van der Waals surface area contributed by atoms with Gasteiger partial charge in [-0.3, -0.25) is 4.90 Å². The Morgan fingerprint density at radius 1 is 1.12 bits per heavy atom. The van der Waals surface area contributed by atoms with Crippen molar-refractivity contribution in [3.63, 3.8) is 0 Å². The van der Waals surface area contributed by atoms with Crippen LogP contribution in [-0.4, -0.2) is 60.3 Å². The normalized spacial score (nSPS) is 37.5. The number of likely N-dealkylation sites (N-methyl/N-ethyl adjacent to an activating group) is 1. The molecule has 0 bridgehead atoms. The van der Waals surface area contributed by atoms with Gasteiger partial charge in [-0.25, -0.2) is 0 Å². The maximum atomic E-state index is 10.4. The number of nitrogens with zero attached hydrogens (tertiary/aromatic N) is 2. The minimum absolute atomic E-state index is 0.114. The zero-order chi connectivity index (χ0) is 11.8. The molecule has 2 atom stereocenters. The van der Waals surface area contributed by atoms with Crippen molar-refractivity contribution in [2.45, 2.75) is 45.3 Å². The van der Waals surface area contributed by atoms with Crippen molar-refractivity contribution in [1.82, 2.24) is 9.80 Å². The lowest BCUT2D eigenvalue weighted by atomic mass is 9.88.